The second-order valence-electron chi connectivity index (χ2n) is 39.9. The van der Waals surface area contributed by atoms with Gasteiger partial charge in [0.2, 0.25) is 41.9 Å². The molecule has 1 unspecified atom stereocenters. The third-order valence-corrected chi connectivity index (χ3v) is 47.6. The molecular formula is C98H131ClF9N13O17S6Si2. The molecule has 10 N–H and O–H groups in total. The Morgan fingerprint density at radius 2 is 0.658 bits per heavy atom. The second kappa shape index (κ2) is 49.7. The Morgan fingerprint density at radius 1 is 0.363 bits per heavy atom. The van der Waals surface area contributed by atoms with Crippen molar-refractivity contribution in [3.8, 4) is 0 Å². The van der Waals surface area contributed by atoms with Crippen molar-refractivity contribution < 1.29 is 115 Å². The van der Waals surface area contributed by atoms with Crippen LogP contribution in [0.2, 0.25) is 36.3 Å². The first-order valence-corrected chi connectivity index (χ1v) is 62.9. The minimum Gasteiger partial charge on any atom is -0.380 e. The number of nitrogens with zero attached hydrogens (tertiary/aromatic N) is 7. The summed E-state index contributed by atoms with van der Waals surface area (Å²) in [6, 6.07) is 47.7. The van der Waals surface area contributed by atoms with Crippen molar-refractivity contribution in [1.82, 2.24) is 40.0 Å². The Kier molecular flexibility index (Phi) is 41.5. The number of rotatable bonds is 9. The third kappa shape index (κ3) is 36.0. The molecule has 8 aliphatic heterocycles. The van der Waals surface area contributed by atoms with Gasteiger partial charge in [0.1, 0.15) is 9.92 Å². The van der Waals surface area contributed by atoms with Crippen molar-refractivity contribution in [3.63, 3.8) is 0 Å². The molecule has 3 amide bonds. The molecule has 8 aliphatic rings. The molecule has 30 nitrogen and oxygen atoms in total. The van der Waals surface area contributed by atoms with Crippen LogP contribution in [-0.4, -0.2) is 219 Å². The minimum atomic E-state index is -5.62. The van der Waals surface area contributed by atoms with Gasteiger partial charge < -0.3 is 44.8 Å². The van der Waals surface area contributed by atoms with Crippen LogP contribution in [0.3, 0.4) is 0 Å². The van der Waals surface area contributed by atoms with E-state index in [0.29, 0.717) is 50.7 Å². The summed E-state index contributed by atoms with van der Waals surface area (Å²) in [6.07, 6.45) is -9.14. The van der Waals surface area contributed by atoms with E-state index in [1.807, 2.05) is 60.5 Å². The van der Waals surface area contributed by atoms with Gasteiger partial charge in [0.25, 0.3) is 9.05 Å². The number of esters is 2. The van der Waals surface area contributed by atoms with Gasteiger partial charge in [-0.15, -0.1) is 0 Å². The summed E-state index contributed by atoms with van der Waals surface area (Å²) in [5, 5.41) is 28.2. The van der Waals surface area contributed by atoms with E-state index in [4.69, 9.17) is 31.2 Å². The van der Waals surface area contributed by atoms with Crippen molar-refractivity contribution >= 4 is 116 Å². The number of halogens is 10. The Balaban J connectivity index is 0.000000202. The summed E-state index contributed by atoms with van der Waals surface area (Å²) >= 11 is 0. The van der Waals surface area contributed by atoms with E-state index in [9.17, 15) is 110 Å². The number of ether oxygens (including phenoxy) is 1. The fourth-order valence-electron chi connectivity index (χ4n) is 15.9. The summed E-state index contributed by atoms with van der Waals surface area (Å²) in [4.78, 5) is 65.3. The highest BCUT2D eigenvalue weighted by Gasteiger charge is 2.50. The molecule has 0 saturated carbocycles. The quantitative estimate of drug-likeness (QED) is 0.0257. The zero-order chi connectivity index (χ0) is 109. The largest absolute Gasteiger partial charge is 0.491 e. The molecule has 804 valence electrons. The van der Waals surface area contributed by atoms with Gasteiger partial charge in [-0.2, -0.15) is 39.5 Å². The van der Waals surface area contributed by atoms with Crippen LogP contribution in [0.5, 0.6) is 0 Å². The molecule has 48 heteroatoms. The Labute approximate surface area is 857 Å². The first-order valence-electron chi connectivity index (χ1n) is 46.5. The van der Waals surface area contributed by atoms with Gasteiger partial charge in [0.05, 0.1) is 37.4 Å². The molecule has 1 atom stereocenters. The number of primary sulfonamides is 3. The number of fused-ring (bicyclic) bond motifs is 8. The van der Waals surface area contributed by atoms with E-state index in [1.165, 1.54) is 93.2 Å². The predicted molar refractivity (Wildman–Crippen MR) is 547 cm³/mol. The van der Waals surface area contributed by atoms with Gasteiger partial charge in [0.15, 0.2) is 18.1 Å². The Hall–Kier alpha value is -9.26. The van der Waals surface area contributed by atoms with E-state index < -0.39 is 112 Å². The zero-order valence-electron chi connectivity index (χ0n) is 84.3. The van der Waals surface area contributed by atoms with Crippen LogP contribution in [-0.2, 0) is 191 Å². The summed E-state index contributed by atoms with van der Waals surface area (Å²) in [7, 11) is -13.2. The van der Waals surface area contributed by atoms with Crippen molar-refractivity contribution in [3.05, 3.63) is 247 Å². The lowest BCUT2D eigenvalue weighted by Gasteiger charge is -2.36. The number of likely N-dealkylation sites (N-methyl/N-ethyl adjacent to an activating group) is 3. The van der Waals surface area contributed by atoms with E-state index in [0.717, 1.165) is 133 Å². The molecule has 8 heterocycles. The molecule has 0 aromatic heterocycles. The highest BCUT2D eigenvalue weighted by atomic mass is 35.7. The standard InChI is InChI=1S/C17H29NO2SSi.C16H29N3OSSi.C11H12ClNO3S.C11H11F3N2O3S.C11H13NO.C10H14N2O2S.C9H12N2O2S.C9H11N.C4F6O3/c1-17(2,3)22(5,6)13-21(19,20)16-8-7-14-9-10-18(4)12-15(14)11-16;1-16(2,3)22(5,6)18-21(17,20)15-8-7-13-9-10-19(4)12-14(13)11-15;1-8(14)13-5-4-9-6-11(17(12,15)16)3-2-10(9)7-13;12-11(13,14)10(17)16-4-3-7-1-2-9(20(15,18)19)5-8(7)6-16;1-9(13)12-7-6-10-4-2-3-5-11(10)8-12;1-12-5-4-8-2-3-10(15(11,13)14)6-9(8)7-12;10-14(12,13)9-2-1-7-3-4-11-6-8(7)5-9;1-2-4-9-7-10-6-5-8(9)3-1;5-3(6,7)1(11)13-2(12)4(8,9)10/h7-8,11H,9-10,12-13H2,1-6H3;7-8,11H,9-10,12H2,1-6H3,(H2,17,18,20);2-3,6H,4-5,7H2,1H3;1-2,5H,3-4,6H2,(H2,15,18,19);2-5H,6-8H2,1H3;2-3,6H,4-5,7H2,1H3,(H2,11,13,14);1-2,5,11H,3-4,6H2,(H2,10,12,13);1-4,10H,5-7H2;. The molecule has 146 heavy (non-hydrogen) atoms. The summed E-state index contributed by atoms with van der Waals surface area (Å²) in [5.74, 6) is -8.12. The topological polar surface area (TPSA) is 442 Å². The first-order chi connectivity index (χ1) is 67.1. The molecule has 0 aliphatic carbocycles. The molecule has 16 rings (SSSR count). The highest BCUT2D eigenvalue weighted by molar-refractivity contribution is 8.13. The van der Waals surface area contributed by atoms with Crippen LogP contribution in [0.25, 0.3) is 0 Å². The number of sulfone groups is 1. The first kappa shape index (κ1) is 122. The monoisotopic (exact) mass is 2220 g/mol. The Bertz CT molecular complexity index is 6780. The molecule has 0 fully saturated rings. The second-order valence-corrected chi connectivity index (χ2v) is 62.2. The van der Waals surface area contributed by atoms with Gasteiger partial charge in [0, 0.05) is 122 Å². The van der Waals surface area contributed by atoms with Gasteiger partial charge in [-0.05, 0) is 271 Å². The predicted octanol–water partition coefficient (Wildman–Crippen LogP) is 13.6. The fraction of sp³-hybridized carbons (Fsp3) is 0.459. The van der Waals surface area contributed by atoms with E-state index in [1.54, 1.807) is 48.2 Å². The van der Waals surface area contributed by atoms with Crippen LogP contribution >= 0.6 is 10.7 Å². The minimum absolute atomic E-state index is 0.0312. The van der Waals surface area contributed by atoms with E-state index >= 15 is 0 Å². The molecular weight excluding hydrogens is 2090 g/mol. The number of sulfonamides is 3. The number of nitrogens with two attached hydrogens (primary N) is 4. The summed E-state index contributed by atoms with van der Waals surface area (Å²) in [5.41, 5.74) is 18.2. The SMILES string of the molecule is CC(=O)N1CCc2cc(S(=O)(=O)Cl)ccc2C1.CC(=O)N1CCc2ccccc2C1.CN1CCc2ccc(S(=O)(=O)C[Si](C)(C)C(C)(C)C)cc2C1.CN1CCc2ccc(S(N)(=O)=N[Si](C)(C)C(C)(C)C)cc2C1.CN1CCc2ccc(S(N)(=O)=O)cc2C1.NS(=O)(=O)c1ccc2c(c1)CN(C(=O)C(F)(F)F)CC2.NS(=O)(=O)c1ccc2c(c1)CNCC2.O=C(OC(=O)C(F)(F)F)C(F)(F)F.c1ccc2c(c1)CCNC2. The lowest BCUT2D eigenvalue weighted by Crippen LogP contribution is -2.44. The normalized spacial score (nSPS) is 16.5. The molecule has 0 spiro atoms. The van der Waals surface area contributed by atoms with Crippen LogP contribution in [0.4, 0.5) is 39.5 Å². The maximum absolute atomic E-state index is 13.0. The number of alkyl halides is 9. The maximum Gasteiger partial charge on any atom is 0.491 e. The van der Waals surface area contributed by atoms with Crippen molar-refractivity contribution in [2.45, 2.75) is 243 Å². The van der Waals surface area contributed by atoms with Gasteiger partial charge in [-0.25, -0.2) is 76.4 Å². The summed E-state index contributed by atoms with van der Waals surface area (Å²) in [6.45, 7) is 36.7. The van der Waals surface area contributed by atoms with Gasteiger partial charge >= 0.3 is 36.4 Å². The van der Waals surface area contributed by atoms with Crippen molar-refractivity contribution in [2.75, 3.05) is 78.9 Å². The van der Waals surface area contributed by atoms with Gasteiger partial charge in [-0.3, -0.25) is 18.4 Å². The van der Waals surface area contributed by atoms with Crippen molar-refractivity contribution in [1.29, 1.82) is 0 Å². The lowest BCUT2D eigenvalue weighted by molar-refractivity contribution is -0.221. The fourth-order valence-corrected chi connectivity index (χ4v) is 30.0. The molecule has 8 aromatic carbocycles. The van der Waals surface area contributed by atoms with Crippen LogP contribution in [0.1, 0.15) is 144 Å². The average molecular weight is 2220 g/mol. The molecule has 0 bridgehead atoms. The number of carbonyl (C=O) groups excluding carboxylic acids is 5. The van der Waals surface area contributed by atoms with Crippen LogP contribution in [0.15, 0.2) is 191 Å². The van der Waals surface area contributed by atoms with Crippen LogP contribution < -0.4 is 31.2 Å². The number of hydrogen-bond donors (Lipinski definition) is 6. The smallest absolute Gasteiger partial charge is 0.380 e. The number of benzene rings is 8. The van der Waals surface area contributed by atoms with Gasteiger partial charge in [-0.1, -0.05) is 140 Å². The highest BCUT2D eigenvalue weighted by Crippen LogP contribution is 2.41. The molecule has 8 aromatic rings. The lowest BCUT2D eigenvalue weighted by atomic mass is 10.00. The summed E-state index contributed by atoms with van der Waals surface area (Å²) < 4.78 is 240. The molecule has 0 radical (unpaired) electrons. The third-order valence-electron chi connectivity index (χ3n) is 26.5. The number of carbonyl (C=O) groups is 5. The molecule has 0 saturated heterocycles. The maximum atomic E-state index is 13.0. The Morgan fingerprint density at radius 3 is 1.03 bits per heavy atom. The van der Waals surface area contributed by atoms with Crippen molar-refractivity contribution in [2.24, 2.45) is 24.6 Å². The zero-order valence-corrected chi connectivity index (χ0v) is 92.0. The van der Waals surface area contributed by atoms with E-state index in [-0.39, 0.29) is 61.0 Å². The number of hydrogen-bond acceptors (Lipinski definition) is 23. The number of nitrogens with one attached hydrogen (secondary N) is 2. The van der Waals surface area contributed by atoms with E-state index in [2.05, 4.69) is 164 Å². The van der Waals surface area contributed by atoms with Crippen LogP contribution in [0, 0.1) is 0 Å². The average Bonchev–Trinajstić information content (AvgIpc) is 0.757. The number of amides is 3.